The maximum atomic E-state index is 13.2. The molecule has 1 aliphatic rings. The fraction of sp³-hybridized carbons (Fsp3) is 0.300. The summed E-state index contributed by atoms with van der Waals surface area (Å²) in [5.74, 6) is -0.00486. The number of rotatable bonds is 6. The summed E-state index contributed by atoms with van der Waals surface area (Å²) in [6.45, 7) is 1.06. The number of likely N-dealkylation sites (tertiary alicyclic amines) is 1. The number of methoxy groups -OCH3 is 1. The van der Waals surface area contributed by atoms with E-state index in [9.17, 15) is 14.0 Å². The van der Waals surface area contributed by atoms with Crippen LogP contribution in [-0.2, 0) is 11.2 Å². The van der Waals surface area contributed by atoms with E-state index in [2.05, 4.69) is 5.32 Å². The van der Waals surface area contributed by atoms with Gasteiger partial charge in [-0.2, -0.15) is 0 Å². The number of hydrogen-bond donors (Lipinski definition) is 1. The Bertz CT molecular complexity index is 792. The van der Waals surface area contributed by atoms with Gasteiger partial charge in [0.25, 0.3) is 5.91 Å². The van der Waals surface area contributed by atoms with E-state index in [1.165, 1.54) is 18.2 Å². The number of carbonyl (C=O) groups is 2. The van der Waals surface area contributed by atoms with E-state index >= 15 is 0 Å². The maximum absolute atomic E-state index is 13.2. The molecule has 1 heterocycles. The van der Waals surface area contributed by atoms with Crippen molar-refractivity contribution in [1.82, 2.24) is 10.2 Å². The van der Waals surface area contributed by atoms with E-state index in [0.717, 1.165) is 17.7 Å². The topological polar surface area (TPSA) is 58.6 Å². The monoisotopic (exact) mass is 356 g/mol. The summed E-state index contributed by atoms with van der Waals surface area (Å²) in [4.78, 5) is 26.1. The van der Waals surface area contributed by atoms with Crippen molar-refractivity contribution in [3.05, 3.63) is 65.5 Å². The zero-order chi connectivity index (χ0) is 18.5. The Balaban J connectivity index is 1.52. The standard InChI is InChI=1S/C20H21FN2O3/c1-26-18-7-5-14(6-8-18)9-10-23-13-17(12-19(23)24)22-20(25)15-3-2-4-16(21)11-15/h2-8,11,17H,9-10,12-13H2,1H3,(H,22,25)/t17-/m0/s1. The molecular weight excluding hydrogens is 335 g/mol. The highest BCUT2D eigenvalue weighted by Crippen LogP contribution is 2.15. The molecule has 0 spiro atoms. The van der Waals surface area contributed by atoms with Crippen LogP contribution < -0.4 is 10.1 Å². The van der Waals surface area contributed by atoms with Gasteiger partial charge in [0.1, 0.15) is 11.6 Å². The van der Waals surface area contributed by atoms with Crippen molar-refractivity contribution in [2.24, 2.45) is 0 Å². The molecule has 0 aliphatic carbocycles. The Morgan fingerprint density at radius 3 is 2.73 bits per heavy atom. The van der Waals surface area contributed by atoms with E-state index in [1.54, 1.807) is 18.1 Å². The summed E-state index contributed by atoms with van der Waals surface area (Å²) in [6, 6.07) is 13.0. The second-order valence-electron chi connectivity index (χ2n) is 6.32. The number of ether oxygens (including phenoxy) is 1. The fourth-order valence-corrected chi connectivity index (χ4v) is 3.04. The summed E-state index contributed by atoms with van der Waals surface area (Å²) < 4.78 is 18.4. The lowest BCUT2D eigenvalue weighted by atomic mass is 10.1. The molecule has 1 aliphatic heterocycles. The number of halogens is 1. The van der Waals surface area contributed by atoms with Gasteiger partial charge in [-0.25, -0.2) is 4.39 Å². The number of amides is 2. The van der Waals surface area contributed by atoms with Crippen molar-refractivity contribution in [3.63, 3.8) is 0 Å². The van der Waals surface area contributed by atoms with Crippen molar-refractivity contribution in [2.45, 2.75) is 18.9 Å². The zero-order valence-electron chi connectivity index (χ0n) is 14.6. The van der Waals surface area contributed by atoms with Crippen LogP contribution in [0.1, 0.15) is 22.3 Å². The molecule has 1 fully saturated rings. The van der Waals surface area contributed by atoms with Gasteiger partial charge in [-0.3, -0.25) is 9.59 Å². The average molecular weight is 356 g/mol. The van der Waals surface area contributed by atoms with Gasteiger partial charge in [-0.05, 0) is 42.3 Å². The average Bonchev–Trinajstić information content (AvgIpc) is 2.99. The highest BCUT2D eigenvalue weighted by Gasteiger charge is 2.30. The summed E-state index contributed by atoms with van der Waals surface area (Å²) in [7, 11) is 1.62. The van der Waals surface area contributed by atoms with E-state index in [4.69, 9.17) is 4.74 Å². The van der Waals surface area contributed by atoms with Gasteiger partial charge in [0, 0.05) is 25.1 Å². The molecule has 2 amide bonds. The Labute approximate surface area is 151 Å². The van der Waals surface area contributed by atoms with Crippen molar-refractivity contribution in [2.75, 3.05) is 20.2 Å². The van der Waals surface area contributed by atoms with Crippen molar-refractivity contribution >= 4 is 11.8 Å². The first-order chi connectivity index (χ1) is 12.5. The third-order valence-corrected chi connectivity index (χ3v) is 4.47. The number of benzene rings is 2. The van der Waals surface area contributed by atoms with Crippen LogP contribution in [0, 0.1) is 5.82 Å². The minimum atomic E-state index is -0.457. The molecule has 1 N–H and O–H groups in total. The fourth-order valence-electron chi connectivity index (χ4n) is 3.04. The third-order valence-electron chi connectivity index (χ3n) is 4.47. The van der Waals surface area contributed by atoms with E-state index in [-0.39, 0.29) is 29.8 Å². The van der Waals surface area contributed by atoms with Crippen LogP contribution in [0.3, 0.4) is 0 Å². The predicted molar refractivity (Wildman–Crippen MR) is 95.5 cm³/mol. The molecule has 136 valence electrons. The van der Waals surface area contributed by atoms with Gasteiger partial charge in [0.2, 0.25) is 5.91 Å². The first-order valence-corrected chi connectivity index (χ1v) is 8.52. The van der Waals surface area contributed by atoms with Crippen LogP contribution >= 0.6 is 0 Å². The molecular formula is C20H21FN2O3. The molecule has 2 aromatic carbocycles. The van der Waals surface area contributed by atoms with E-state index < -0.39 is 5.82 Å². The first-order valence-electron chi connectivity index (χ1n) is 8.52. The Kier molecular flexibility index (Phi) is 5.51. The molecule has 1 saturated heterocycles. The minimum Gasteiger partial charge on any atom is -0.497 e. The zero-order valence-corrected chi connectivity index (χ0v) is 14.6. The molecule has 6 heteroatoms. The van der Waals surface area contributed by atoms with E-state index in [1.807, 2.05) is 24.3 Å². The van der Waals surface area contributed by atoms with Gasteiger partial charge in [0.15, 0.2) is 0 Å². The molecule has 5 nitrogen and oxygen atoms in total. The normalized spacial score (nSPS) is 16.6. The Hall–Kier alpha value is -2.89. The van der Waals surface area contributed by atoms with Gasteiger partial charge in [0.05, 0.1) is 13.2 Å². The van der Waals surface area contributed by atoms with Gasteiger partial charge < -0.3 is 15.0 Å². The molecule has 3 rings (SSSR count). The van der Waals surface area contributed by atoms with Gasteiger partial charge >= 0.3 is 0 Å². The minimum absolute atomic E-state index is 0.0167. The summed E-state index contributed by atoms with van der Waals surface area (Å²) in [5.41, 5.74) is 1.37. The second kappa shape index (κ2) is 7.99. The number of hydrogen-bond acceptors (Lipinski definition) is 3. The molecule has 0 unspecified atom stereocenters. The molecule has 26 heavy (non-hydrogen) atoms. The highest BCUT2D eigenvalue weighted by atomic mass is 19.1. The SMILES string of the molecule is COc1ccc(CCN2C[C@@H](NC(=O)c3cccc(F)c3)CC2=O)cc1. The highest BCUT2D eigenvalue weighted by molar-refractivity contribution is 5.95. The first kappa shape index (κ1) is 17.9. The van der Waals surface area contributed by atoms with Crippen LogP contribution in [-0.4, -0.2) is 43.0 Å². The van der Waals surface area contributed by atoms with Crippen LogP contribution in [0.2, 0.25) is 0 Å². The van der Waals surface area contributed by atoms with Crippen LogP contribution in [0.4, 0.5) is 4.39 Å². The van der Waals surface area contributed by atoms with Crippen LogP contribution in [0.15, 0.2) is 48.5 Å². The molecule has 0 aromatic heterocycles. The smallest absolute Gasteiger partial charge is 0.251 e. The number of carbonyl (C=O) groups excluding carboxylic acids is 2. The van der Waals surface area contributed by atoms with Gasteiger partial charge in [-0.15, -0.1) is 0 Å². The van der Waals surface area contributed by atoms with Gasteiger partial charge in [-0.1, -0.05) is 18.2 Å². The van der Waals surface area contributed by atoms with E-state index in [0.29, 0.717) is 13.1 Å². The summed E-state index contributed by atoms with van der Waals surface area (Å²) in [5, 5.41) is 2.81. The molecule has 1 atom stereocenters. The maximum Gasteiger partial charge on any atom is 0.251 e. The van der Waals surface area contributed by atoms with Crippen molar-refractivity contribution in [3.8, 4) is 5.75 Å². The lowest BCUT2D eigenvalue weighted by Gasteiger charge is -2.17. The number of nitrogens with one attached hydrogen (secondary N) is 1. The Morgan fingerprint density at radius 2 is 2.04 bits per heavy atom. The Morgan fingerprint density at radius 1 is 1.27 bits per heavy atom. The molecule has 0 bridgehead atoms. The third kappa shape index (κ3) is 4.39. The number of nitrogens with zero attached hydrogens (tertiary/aromatic N) is 1. The van der Waals surface area contributed by atoms with Crippen molar-refractivity contribution < 1.29 is 18.7 Å². The predicted octanol–water partition coefficient (Wildman–Crippen LogP) is 2.41. The molecule has 0 saturated carbocycles. The van der Waals surface area contributed by atoms with Crippen LogP contribution in [0.5, 0.6) is 5.75 Å². The lowest BCUT2D eigenvalue weighted by Crippen LogP contribution is -2.37. The molecule has 2 aromatic rings. The second-order valence-corrected chi connectivity index (χ2v) is 6.32. The largest absolute Gasteiger partial charge is 0.497 e. The summed E-state index contributed by atoms with van der Waals surface area (Å²) >= 11 is 0. The quantitative estimate of drug-likeness (QED) is 0.865. The summed E-state index contributed by atoms with van der Waals surface area (Å²) in [6.07, 6.45) is 1.00. The van der Waals surface area contributed by atoms with Crippen molar-refractivity contribution in [1.29, 1.82) is 0 Å². The molecule has 0 radical (unpaired) electrons. The lowest BCUT2D eigenvalue weighted by molar-refractivity contribution is -0.127. The van der Waals surface area contributed by atoms with Crippen LogP contribution in [0.25, 0.3) is 0 Å².